The molecule has 0 fully saturated rings. The predicted octanol–water partition coefficient (Wildman–Crippen LogP) is 5.13. The van der Waals surface area contributed by atoms with Gasteiger partial charge in [-0.1, -0.05) is 65.9 Å². The van der Waals surface area contributed by atoms with Gasteiger partial charge < -0.3 is 5.32 Å². The summed E-state index contributed by atoms with van der Waals surface area (Å²) in [7, 11) is 0. The fraction of sp³-hybridized carbons (Fsp3) is 0.111. The normalized spacial score (nSPS) is 11.4. The Labute approximate surface area is 210 Å². The molecule has 0 atom stereocenters. The maximum absolute atomic E-state index is 13.2. The first-order chi connectivity index (χ1) is 17.9. The molecule has 1 N–H and O–H groups in total. The van der Waals surface area contributed by atoms with Crippen LogP contribution in [0, 0.1) is 0 Å². The van der Waals surface area contributed by atoms with E-state index in [0.717, 1.165) is 23.4 Å². The number of hydrogen-bond donors (Lipinski definition) is 1. The van der Waals surface area contributed by atoms with E-state index in [1.807, 2.05) is 60.7 Å². The third-order valence-corrected chi connectivity index (χ3v) is 5.67. The summed E-state index contributed by atoms with van der Waals surface area (Å²) >= 11 is 0. The van der Waals surface area contributed by atoms with Crippen LogP contribution < -0.4 is 5.32 Å². The monoisotopic (exact) mass is 502 g/mol. The molecule has 0 bridgehead atoms. The Bertz CT molecular complexity index is 1490. The van der Waals surface area contributed by atoms with Crippen LogP contribution in [0.4, 0.5) is 13.2 Å². The number of aromatic nitrogens is 5. The van der Waals surface area contributed by atoms with Crippen LogP contribution in [-0.4, -0.2) is 30.7 Å². The van der Waals surface area contributed by atoms with Crippen molar-refractivity contribution in [3.05, 3.63) is 120 Å². The minimum absolute atomic E-state index is 0.122. The van der Waals surface area contributed by atoms with Gasteiger partial charge in [0.15, 0.2) is 0 Å². The van der Waals surface area contributed by atoms with Gasteiger partial charge >= 0.3 is 6.18 Å². The van der Waals surface area contributed by atoms with Crippen molar-refractivity contribution in [3.8, 4) is 16.9 Å². The highest BCUT2D eigenvalue weighted by Crippen LogP contribution is 2.29. The Hall–Kier alpha value is -4.73. The average molecular weight is 503 g/mol. The second-order valence-electron chi connectivity index (χ2n) is 8.32. The number of rotatable bonds is 7. The summed E-state index contributed by atoms with van der Waals surface area (Å²) in [6.07, 6.45) is -1.05. The number of amides is 1. The van der Waals surface area contributed by atoms with Crippen LogP contribution >= 0.6 is 0 Å². The zero-order valence-corrected chi connectivity index (χ0v) is 19.4. The standard InChI is InChI=1S/C27H21F3N6O/c28-27(29,30)21-13-11-19(12-14-21)16-35-17-22(32-34-35)15-31-26(37)24-18-36(23-9-5-2-6-10-23)33-25(24)20-7-3-1-4-8-20/h1-14,17-18H,15-16H2,(H,31,37). The van der Waals surface area contributed by atoms with Crippen molar-refractivity contribution in [2.24, 2.45) is 0 Å². The first-order valence-corrected chi connectivity index (χ1v) is 11.4. The molecule has 0 spiro atoms. The Balaban J connectivity index is 1.29. The summed E-state index contributed by atoms with van der Waals surface area (Å²) in [5.41, 5.74) is 3.05. The molecule has 10 heteroatoms. The van der Waals surface area contributed by atoms with Gasteiger partial charge in [0.25, 0.3) is 5.91 Å². The molecule has 5 rings (SSSR count). The van der Waals surface area contributed by atoms with Crippen LogP contribution in [0.2, 0.25) is 0 Å². The molecule has 0 aliphatic rings. The second-order valence-corrected chi connectivity index (χ2v) is 8.32. The smallest absolute Gasteiger partial charge is 0.346 e. The Morgan fingerprint density at radius 1 is 0.865 bits per heavy atom. The van der Waals surface area contributed by atoms with Crippen molar-refractivity contribution < 1.29 is 18.0 Å². The number of halogens is 3. The Morgan fingerprint density at radius 2 is 1.54 bits per heavy atom. The van der Waals surface area contributed by atoms with Crippen molar-refractivity contribution in [1.82, 2.24) is 30.1 Å². The summed E-state index contributed by atoms with van der Waals surface area (Å²) in [6.45, 7) is 0.373. The van der Waals surface area contributed by atoms with E-state index in [9.17, 15) is 18.0 Å². The van der Waals surface area contributed by atoms with Gasteiger partial charge in [0, 0.05) is 11.8 Å². The van der Waals surface area contributed by atoms with Crippen molar-refractivity contribution in [1.29, 1.82) is 0 Å². The maximum Gasteiger partial charge on any atom is 0.416 e. The number of carbonyl (C=O) groups excluding carboxylic acids is 1. The van der Waals surface area contributed by atoms with Crippen molar-refractivity contribution in [2.45, 2.75) is 19.3 Å². The highest BCUT2D eigenvalue weighted by atomic mass is 19.4. The summed E-state index contributed by atoms with van der Waals surface area (Å²) < 4.78 is 41.5. The number of alkyl halides is 3. The topological polar surface area (TPSA) is 77.6 Å². The van der Waals surface area contributed by atoms with Crippen LogP contribution in [0.25, 0.3) is 16.9 Å². The van der Waals surface area contributed by atoms with Gasteiger partial charge in [0.05, 0.1) is 36.1 Å². The SMILES string of the molecule is O=C(NCc1cn(Cc2ccc(C(F)(F)F)cc2)nn1)c1cn(-c2ccccc2)nc1-c1ccccc1. The highest BCUT2D eigenvalue weighted by molar-refractivity contribution is 5.99. The molecule has 0 saturated carbocycles. The van der Waals surface area contributed by atoms with Crippen molar-refractivity contribution in [3.63, 3.8) is 0 Å². The zero-order valence-electron chi connectivity index (χ0n) is 19.4. The van der Waals surface area contributed by atoms with Gasteiger partial charge in [0.2, 0.25) is 0 Å². The number of benzene rings is 3. The molecular formula is C27H21F3N6O. The van der Waals surface area contributed by atoms with E-state index in [0.29, 0.717) is 22.5 Å². The average Bonchev–Trinajstić information content (AvgIpc) is 3.56. The minimum Gasteiger partial charge on any atom is -0.346 e. The van der Waals surface area contributed by atoms with Gasteiger partial charge in [-0.3, -0.25) is 4.79 Å². The van der Waals surface area contributed by atoms with Gasteiger partial charge in [-0.2, -0.15) is 18.3 Å². The largest absolute Gasteiger partial charge is 0.416 e. The molecule has 0 radical (unpaired) electrons. The summed E-state index contributed by atoms with van der Waals surface area (Å²) in [4.78, 5) is 13.2. The van der Waals surface area contributed by atoms with E-state index in [1.54, 1.807) is 17.1 Å². The van der Waals surface area contributed by atoms with Crippen LogP contribution in [0.5, 0.6) is 0 Å². The molecule has 0 unspecified atom stereocenters. The van der Waals surface area contributed by atoms with Crippen LogP contribution in [0.3, 0.4) is 0 Å². The number of hydrogen-bond acceptors (Lipinski definition) is 4. The molecule has 2 aromatic heterocycles. The lowest BCUT2D eigenvalue weighted by molar-refractivity contribution is -0.137. The van der Waals surface area contributed by atoms with Gasteiger partial charge in [-0.15, -0.1) is 5.10 Å². The molecule has 37 heavy (non-hydrogen) atoms. The molecule has 0 aliphatic heterocycles. The third-order valence-electron chi connectivity index (χ3n) is 5.67. The highest BCUT2D eigenvalue weighted by Gasteiger charge is 2.29. The van der Waals surface area contributed by atoms with Gasteiger partial charge in [-0.25, -0.2) is 9.36 Å². The van der Waals surface area contributed by atoms with Gasteiger partial charge in [-0.05, 0) is 29.8 Å². The molecule has 0 aliphatic carbocycles. The quantitative estimate of drug-likeness (QED) is 0.335. The molecule has 7 nitrogen and oxygen atoms in total. The van der Waals surface area contributed by atoms with E-state index < -0.39 is 11.7 Å². The number of para-hydroxylation sites is 1. The molecular weight excluding hydrogens is 481 g/mol. The molecule has 5 aromatic rings. The van der Waals surface area contributed by atoms with E-state index in [-0.39, 0.29) is 19.0 Å². The van der Waals surface area contributed by atoms with Crippen LogP contribution in [0.15, 0.2) is 97.3 Å². The van der Waals surface area contributed by atoms with E-state index >= 15 is 0 Å². The number of nitrogens with one attached hydrogen (secondary N) is 1. The van der Waals surface area contributed by atoms with Crippen LogP contribution in [0.1, 0.15) is 27.2 Å². The lowest BCUT2D eigenvalue weighted by Crippen LogP contribution is -2.23. The first kappa shape index (κ1) is 24.0. The fourth-order valence-corrected chi connectivity index (χ4v) is 3.81. The van der Waals surface area contributed by atoms with Crippen LogP contribution in [-0.2, 0) is 19.3 Å². The molecule has 1 amide bonds. The second kappa shape index (κ2) is 10.1. The number of nitrogens with zero attached hydrogens (tertiary/aromatic N) is 5. The Morgan fingerprint density at radius 3 is 2.22 bits per heavy atom. The van der Waals surface area contributed by atoms with Crippen molar-refractivity contribution >= 4 is 5.91 Å². The van der Waals surface area contributed by atoms with E-state index in [4.69, 9.17) is 0 Å². The number of carbonyl (C=O) groups is 1. The minimum atomic E-state index is -4.38. The lowest BCUT2D eigenvalue weighted by Gasteiger charge is -2.07. The van der Waals surface area contributed by atoms with Crippen molar-refractivity contribution in [2.75, 3.05) is 0 Å². The molecule has 2 heterocycles. The summed E-state index contributed by atoms with van der Waals surface area (Å²) in [5.74, 6) is -0.321. The first-order valence-electron chi connectivity index (χ1n) is 11.4. The fourth-order valence-electron chi connectivity index (χ4n) is 3.81. The van der Waals surface area contributed by atoms with E-state index in [2.05, 4.69) is 20.7 Å². The summed E-state index contributed by atoms with van der Waals surface area (Å²) in [5, 5.41) is 15.6. The molecule has 0 saturated heterocycles. The maximum atomic E-state index is 13.2. The molecule has 186 valence electrons. The lowest BCUT2D eigenvalue weighted by atomic mass is 10.1. The zero-order chi connectivity index (χ0) is 25.8. The predicted molar refractivity (Wildman–Crippen MR) is 131 cm³/mol. The van der Waals surface area contributed by atoms with E-state index in [1.165, 1.54) is 16.8 Å². The molecule has 3 aromatic carbocycles. The Kier molecular flexibility index (Phi) is 6.55. The van der Waals surface area contributed by atoms with Gasteiger partial charge in [0.1, 0.15) is 11.4 Å². The summed E-state index contributed by atoms with van der Waals surface area (Å²) in [6, 6.07) is 23.8. The third kappa shape index (κ3) is 5.58.